The first-order chi connectivity index (χ1) is 11.0. The number of morpholine rings is 1. The van der Waals surface area contributed by atoms with Gasteiger partial charge in [-0.05, 0) is 18.2 Å². The topological polar surface area (TPSA) is 106 Å². The molecule has 124 valence electrons. The van der Waals surface area contributed by atoms with Crippen molar-refractivity contribution in [1.82, 2.24) is 4.31 Å². The molecule has 23 heavy (non-hydrogen) atoms. The lowest BCUT2D eigenvalue weighted by Crippen LogP contribution is -2.40. The third kappa shape index (κ3) is 3.79. The van der Waals surface area contributed by atoms with Crippen molar-refractivity contribution in [3.05, 3.63) is 23.8 Å². The molecule has 2 rings (SSSR count). The Morgan fingerprint density at radius 1 is 1.39 bits per heavy atom. The molecule has 0 atom stereocenters. The highest BCUT2D eigenvalue weighted by atomic mass is 32.2. The third-order valence-corrected chi connectivity index (χ3v) is 5.16. The summed E-state index contributed by atoms with van der Waals surface area (Å²) in [5.41, 5.74) is -0.0444. The van der Waals surface area contributed by atoms with Gasteiger partial charge in [-0.25, -0.2) is 13.2 Å². The molecule has 1 aliphatic heterocycles. The van der Waals surface area contributed by atoms with E-state index in [2.05, 4.69) is 0 Å². The summed E-state index contributed by atoms with van der Waals surface area (Å²) in [5.74, 6) is -0.642. The number of rotatable bonds is 5. The van der Waals surface area contributed by atoms with Gasteiger partial charge in [-0.15, -0.1) is 0 Å². The molecule has 9 heteroatoms. The first kappa shape index (κ1) is 17.2. The van der Waals surface area contributed by atoms with Crippen molar-refractivity contribution in [1.29, 1.82) is 5.26 Å². The minimum Gasteiger partial charge on any atom is -0.496 e. The number of ether oxygens (including phenoxy) is 3. The van der Waals surface area contributed by atoms with Crippen LogP contribution >= 0.6 is 0 Å². The first-order valence-electron chi connectivity index (χ1n) is 6.80. The Hall–Kier alpha value is -2.15. The number of esters is 1. The van der Waals surface area contributed by atoms with Gasteiger partial charge >= 0.3 is 5.97 Å². The Kier molecular flexibility index (Phi) is 5.54. The van der Waals surface area contributed by atoms with Gasteiger partial charge in [0.05, 0.1) is 25.2 Å². The fraction of sp³-hybridized carbons (Fsp3) is 0.429. The summed E-state index contributed by atoms with van der Waals surface area (Å²) in [5, 5.41) is 8.47. The number of methoxy groups -OCH3 is 1. The van der Waals surface area contributed by atoms with Gasteiger partial charge in [-0.1, -0.05) is 0 Å². The van der Waals surface area contributed by atoms with Crippen LogP contribution in [0.15, 0.2) is 23.1 Å². The van der Waals surface area contributed by atoms with Gasteiger partial charge in [0.2, 0.25) is 10.0 Å². The molecular weight excluding hydrogens is 324 g/mol. The molecule has 0 amide bonds. The lowest BCUT2D eigenvalue weighted by atomic mass is 10.2. The summed E-state index contributed by atoms with van der Waals surface area (Å²) in [6.07, 6.45) is 0. The van der Waals surface area contributed by atoms with E-state index in [0.717, 1.165) is 0 Å². The number of hydrogen-bond donors (Lipinski definition) is 0. The number of benzene rings is 1. The minimum absolute atomic E-state index is 0.0379. The van der Waals surface area contributed by atoms with Crippen LogP contribution in [0.1, 0.15) is 10.4 Å². The van der Waals surface area contributed by atoms with E-state index in [0.29, 0.717) is 13.2 Å². The fourth-order valence-electron chi connectivity index (χ4n) is 2.12. The summed E-state index contributed by atoms with van der Waals surface area (Å²) >= 11 is 0. The summed E-state index contributed by atoms with van der Waals surface area (Å²) < 4.78 is 41.4. The van der Waals surface area contributed by atoms with Gasteiger partial charge in [0.25, 0.3) is 0 Å². The standard InChI is InChI=1S/C14H16N2O6S/c1-20-13-3-2-11(10-12(13)14(17)22-7-4-15)23(18,19)16-5-8-21-9-6-16/h2-3,10H,5-9H2,1H3. The van der Waals surface area contributed by atoms with E-state index < -0.39 is 22.6 Å². The molecule has 0 aromatic heterocycles. The highest BCUT2D eigenvalue weighted by Gasteiger charge is 2.28. The summed E-state index contributed by atoms with van der Waals surface area (Å²) in [7, 11) is -2.38. The maximum absolute atomic E-state index is 12.6. The molecule has 0 aliphatic carbocycles. The quantitative estimate of drug-likeness (QED) is 0.714. The molecule has 1 aromatic carbocycles. The van der Waals surface area contributed by atoms with Crippen molar-refractivity contribution in [2.75, 3.05) is 40.0 Å². The normalized spacial score (nSPS) is 15.7. The maximum Gasteiger partial charge on any atom is 0.342 e. The van der Waals surface area contributed by atoms with Crippen LogP contribution in [0.2, 0.25) is 0 Å². The lowest BCUT2D eigenvalue weighted by Gasteiger charge is -2.26. The van der Waals surface area contributed by atoms with Crippen molar-refractivity contribution in [3.8, 4) is 11.8 Å². The zero-order chi connectivity index (χ0) is 16.9. The minimum atomic E-state index is -3.74. The molecular formula is C14H16N2O6S. The van der Waals surface area contributed by atoms with Crippen LogP contribution < -0.4 is 4.74 Å². The molecule has 0 bridgehead atoms. The van der Waals surface area contributed by atoms with E-state index in [1.165, 1.54) is 29.6 Å². The number of carbonyl (C=O) groups excluding carboxylic acids is 1. The van der Waals surface area contributed by atoms with Gasteiger partial charge in [-0.2, -0.15) is 9.57 Å². The van der Waals surface area contributed by atoms with Gasteiger partial charge < -0.3 is 14.2 Å². The maximum atomic E-state index is 12.6. The molecule has 0 saturated carbocycles. The van der Waals surface area contributed by atoms with E-state index in [4.69, 9.17) is 19.5 Å². The van der Waals surface area contributed by atoms with E-state index in [1.54, 1.807) is 6.07 Å². The van der Waals surface area contributed by atoms with Crippen LogP contribution in [0.3, 0.4) is 0 Å². The highest BCUT2D eigenvalue weighted by molar-refractivity contribution is 7.89. The second-order valence-corrected chi connectivity index (χ2v) is 6.55. The number of sulfonamides is 1. The van der Waals surface area contributed by atoms with E-state index in [9.17, 15) is 13.2 Å². The molecule has 1 fully saturated rings. The van der Waals surface area contributed by atoms with Crippen LogP contribution in [0.25, 0.3) is 0 Å². The van der Waals surface area contributed by atoms with E-state index >= 15 is 0 Å². The Balaban J connectivity index is 2.36. The van der Waals surface area contributed by atoms with Crippen LogP contribution in [-0.4, -0.2) is 58.7 Å². The summed E-state index contributed by atoms with van der Waals surface area (Å²) in [6.45, 7) is 0.729. The van der Waals surface area contributed by atoms with Crippen molar-refractivity contribution < 1.29 is 27.4 Å². The second kappa shape index (κ2) is 7.41. The number of hydrogen-bond acceptors (Lipinski definition) is 7. The van der Waals surface area contributed by atoms with Crippen molar-refractivity contribution in [2.45, 2.75) is 4.90 Å². The van der Waals surface area contributed by atoms with E-state index in [1.807, 2.05) is 0 Å². The molecule has 8 nitrogen and oxygen atoms in total. The molecule has 1 heterocycles. The first-order valence-corrected chi connectivity index (χ1v) is 8.24. The highest BCUT2D eigenvalue weighted by Crippen LogP contribution is 2.25. The molecule has 0 unspecified atom stereocenters. The van der Waals surface area contributed by atoms with Gasteiger partial charge in [0, 0.05) is 13.1 Å². The zero-order valence-corrected chi connectivity index (χ0v) is 13.3. The number of nitriles is 1. The monoisotopic (exact) mass is 340 g/mol. The fourth-order valence-corrected chi connectivity index (χ4v) is 3.55. The summed E-state index contributed by atoms with van der Waals surface area (Å²) in [6, 6.07) is 5.63. The Morgan fingerprint density at radius 2 is 2.09 bits per heavy atom. The van der Waals surface area contributed by atoms with E-state index in [-0.39, 0.29) is 29.3 Å². The van der Waals surface area contributed by atoms with Crippen molar-refractivity contribution in [3.63, 3.8) is 0 Å². The van der Waals surface area contributed by atoms with Gasteiger partial charge in [0.15, 0.2) is 6.61 Å². The molecule has 1 saturated heterocycles. The summed E-state index contributed by atoms with van der Waals surface area (Å²) in [4.78, 5) is 11.9. The van der Waals surface area contributed by atoms with Crippen LogP contribution in [-0.2, 0) is 19.5 Å². The molecule has 1 aliphatic rings. The zero-order valence-electron chi connectivity index (χ0n) is 12.5. The van der Waals surface area contributed by atoms with Gasteiger partial charge in [0.1, 0.15) is 17.4 Å². The van der Waals surface area contributed by atoms with Crippen molar-refractivity contribution >= 4 is 16.0 Å². The molecule has 0 radical (unpaired) electrons. The molecule has 0 spiro atoms. The molecule has 1 aromatic rings. The van der Waals surface area contributed by atoms with Gasteiger partial charge in [-0.3, -0.25) is 0 Å². The predicted molar refractivity (Wildman–Crippen MR) is 78.5 cm³/mol. The smallest absolute Gasteiger partial charge is 0.342 e. The molecule has 0 N–H and O–H groups in total. The predicted octanol–water partition coefficient (Wildman–Crippen LogP) is 0.396. The van der Waals surface area contributed by atoms with Crippen LogP contribution in [0, 0.1) is 11.3 Å². The average Bonchev–Trinajstić information content (AvgIpc) is 2.59. The number of nitrogens with zero attached hydrogens (tertiary/aromatic N) is 2. The largest absolute Gasteiger partial charge is 0.496 e. The van der Waals surface area contributed by atoms with Crippen LogP contribution in [0.4, 0.5) is 0 Å². The Morgan fingerprint density at radius 3 is 2.70 bits per heavy atom. The lowest BCUT2D eigenvalue weighted by molar-refractivity contribution is 0.0551. The average molecular weight is 340 g/mol. The van der Waals surface area contributed by atoms with Crippen molar-refractivity contribution in [2.24, 2.45) is 0 Å². The Bertz CT molecular complexity index is 719. The Labute approximate surface area is 134 Å². The second-order valence-electron chi connectivity index (χ2n) is 4.61. The van der Waals surface area contributed by atoms with Crippen LogP contribution in [0.5, 0.6) is 5.75 Å². The number of carbonyl (C=O) groups is 1. The third-order valence-electron chi connectivity index (χ3n) is 3.27. The SMILES string of the molecule is COc1ccc(S(=O)(=O)N2CCOCC2)cc1C(=O)OCC#N.